The smallest absolute Gasteiger partial charge is 0.255 e. The number of anilines is 1. The molecule has 2 aromatic carbocycles. The molecule has 0 unspecified atom stereocenters. The number of hydrogen-bond acceptors (Lipinski definition) is 2. The topological polar surface area (TPSA) is 46.3 Å². The Morgan fingerprint density at radius 3 is 2.65 bits per heavy atom. The number of carbonyl (C=O) groups is 1. The Morgan fingerprint density at radius 1 is 1.25 bits per heavy atom. The van der Waals surface area contributed by atoms with Crippen LogP contribution in [0.2, 0.25) is 5.02 Å². The highest BCUT2D eigenvalue weighted by atomic mass is 79.9. The van der Waals surface area contributed by atoms with Gasteiger partial charge in [0.05, 0.1) is 10.6 Å². The summed E-state index contributed by atoms with van der Waals surface area (Å²) in [6.45, 7) is 0.439. The summed E-state index contributed by atoms with van der Waals surface area (Å²) in [7, 11) is 1.73. The maximum Gasteiger partial charge on any atom is 0.255 e. The highest BCUT2D eigenvalue weighted by Gasteiger charge is 2.17. The average Bonchev–Trinajstić information content (AvgIpc) is 2.43. The Kier molecular flexibility index (Phi) is 4.68. The van der Waals surface area contributed by atoms with Gasteiger partial charge in [-0.2, -0.15) is 0 Å². The first-order chi connectivity index (χ1) is 9.50. The monoisotopic (exact) mass is 352 g/mol. The van der Waals surface area contributed by atoms with Crippen LogP contribution in [0, 0.1) is 0 Å². The number of halogens is 2. The van der Waals surface area contributed by atoms with Crippen LogP contribution >= 0.6 is 27.5 Å². The van der Waals surface area contributed by atoms with Crippen molar-refractivity contribution >= 4 is 39.1 Å². The lowest BCUT2D eigenvalue weighted by atomic mass is 10.1. The van der Waals surface area contributed by atoms with Crippen molar-refractivity contribution in [3.8, 4) is 0 Å². The number of rotatable bonds is 3. The predicted molar refractivity (Wildman–Crippen MR) is 85.8 cm³/mol. The van der Waals surface area contributed by atoms with Gasteiger partial charge in [0.2, 0.25) is 0 Å². The van der Waals surface area contributed by atoms with Gasteiger partial charge < -0.3 is 10.6 Å². The van der Waals surface area contributed by atoms with Crippen molar-refractivity contribution in [1.29, 1.82) is 0 Å². The number of benzene rings is 2. The van der Waals surface area contributed by atoms with Crippen LogP contribution < -0.4 is 5.73 Å². The molecule has 0 bridgehead atoms. The maximum atomic E-state index is 12.4. The summed E-state index contributed by atoms with van der Waals surface area (Å²) in [5.41, 5.74) is 7.95. The van der Waals surface area contributed by atoms with E-state index >= 15 is 0 Å². The van der Waals surface area contributed by atoms with Gasteiger partial charge in [-0.15, -0.1) is 0 Å². The number of para-hydroxylation sites is 1. The molecule has 0 fully saturated rings. The van der Waals surface area contributed by atoms with Gasteiger partial charge in [-0.05, 0) is 39.7 Å². The van der Waals surface area contributed by atoms with Crippen LogP contribution in [-0.2, 0) is 6.54 Å². The van der Waals surface area contributed by atoms with Gasteiger partial charge in [0.15, 0.2) is 0 Å². The van der Waals surface area contributed by atoms with Gasteiger partial charge in [0, 0.05) is 23.8 Å². The molecule has 1 amide bonds. The zero-order valence-corrected chi connectivity index (χ0v) is 13.3. The van der Waals surface area contributed by atoms with Gasteiger partial charge in [-0.1, -0.05) is 35.9 Å². The summed E-state index contributed by atoms with van der Waals surface area (Å²) in [4.78, 5) is 14.0. The molecule has 20 heavy (non-hydrogen) atoms. The zero-order chi connectivity index (χ0) is 14.7. The summed E-state index contributed by atoms with van der Waals surface area (Å²) in [6, 6.07) is 12.8. The lowest BCUT2D eigenvalue weighted by Crippen LogP contribution is -2.26. The number of nitrogens with zero attached hydrogens (tertiary/aromatic N) is 1. The molecule has 3 nitrogen and oxygen atoms in total. The Hall–Kier alpha value is -1.52. The van der Waals surface area contributed by atoms with E-state index in [0.717, 1.165) is 5.56 Å². The summed E-state index contributed by atoms with van der Waals surface area (Å²) >= 11 is 9.47. The number of nitrogen functional groups attached to an aromatic ring is 1. The molecular formula is C15H14BrClN2O. The van der Waals surface area contributed by atoms with Crippen LogP contribution in [0.25, 0.3) is 0 Å². The fraction of sp³-hybridized carbons (Fsp3) is 0.133. The van der Waals surface area contributed by atoms with Crippen molar-refractivity contribution in [2.24, 2.45) is 0 Å². The first kappa shape index (κ1) is 14.9. The van der Waals surface area contributed by atoms with Crippen LogP contribution in [0.3, 0.4) is 0 Å². The van der Waals surface area contributed by atoms with E-state index in [1.165, 1.54) is 0 Å². The lowest BCUT2D eigenvalue weighted by Gasteiger charge is -2.19. The van der Waals surface area contributed by atoms with Crippen LogP contribution in [0.4, 0.5) is 5.69 Å². The molecular weight excluding hydrogens is 340 g/mol. The average molecular weight is 354 g/mol. The van der Waals surface area contributed by atoms with Crippen molar-refractivity contribution in [2.45, 2.75) is 6.54 Å². The van der Waals surface area contributed by atoms with Crippen molar-refractivity contribution in [3.63, 3.8) is 0 Å². The first-order valence-electron chi connectivity index (χ1n) is 6.03. The van der Waals surface area contributed by atoms with Gasteiger partial charge in [-0.3, -0.25) is 4.79 Å². The van der Waals surface area contributed by atoms with E-state index < -0.39 is 0 Å². The van der Waals surface area contributed by atoms with E-state index in [0.29, 0.717) is 27.3 Å². The molecule has 0 aliphatic rings. The highest BCUT2D eigenvalue weighted by molar-refractivity contribution is 9.10. The number of carbonyl (C=O) groups excluding carboxylic acids is 1. The second-order valence-electron chi connectivity index (χ2n) is 4.46. The van der Waals surface area contributed by atoms with Gasteiger partial charge in [-0.25, -0.2) is 0 Å². The molecule has 0 heterocycles. The van der Waals surface area contributed by atoms with E-state index in [4.69, 9.17) is 17.3 Å². The Morgan fingerprint density at radius 2 is 1.95 bits per heavy atom. The first-order valence-corrected chi connectivity index (χ1v) is 7.20. The number of hydrogen-bond donors (Lipinski definition) is 1. The second-order valence-corrected chi connectivity index (χ2v) is 5.69. The molecule has 2 aromatic rings. The molecule has 104 valence electrons. The number of amides is 1. The quantitative estimate of drug-likeness (QED) is 0.849. The third-order valence-corrected chi connectivity index (χ3v) is 4.29. The normalized spacial score (nSPS) is 10.3. The SMILES string of the molecule is CN(Cc1ccccc1N)C(=O)c1cccc(Br)c1Cl. The molecule has 0 radical (unpaired) electrons. The summed E-state index contributed by atoms with van der Waals surface area (Å²) in [5, 5.41) is 0.422. The Bertz CT molecular complexity index is 646. The van der Waals surface area contributed by atoms with Gasteiger partial charge >= 0.3 is 0 Å². The third-order valence-electron chi connectivity index (χ3n) is 2.99. The van der Waals surface area contributed by atoms with Crippen LogP contribution in [0.1, 0.15) is 15.9 Å². The third kappa shape index (κ3) is 3.14. The van der Waals surface area contributed by atoms with Crippen LogP contribution in [0.15, 0.2) is 46.9 Å². The molecule has 0 saturated heterocycles. The zero-order valence-electron chi connectivity index (χ0n) is 10.9. The standard InChI is InChI=1S/C15H14BrClN2O/c1-19(9-10-5-2-3-8-13(10)18)15(20)11-6-4-7-12(16)14(11)17/h2-8H,9,18H2,1H3. The minimum Gasteiger partial charge on any atom is -0.398 e. The molecule has 0 saturated carbocycles. The van der Waals surface area contributed by atoms with Crippen molar-refractivity contribution in [1.82, 2.24) is 4.90 Å². The lowest BCUT2D eigenvalue weighted by molar-refractivity contribution is 0.0785. The molecule has 2 N–H and O–H groups in total. The van der Waals surface area contributed by atoms with Gasteiger partial charge in [0.25, 0.3) is 5.91 Å². The van der Waals surface area contributed by atoms with Gasteiger partial charge in [0.1, 0.15) is 0 Å². The van der Waals surface area contributed by atoms with Crippen LogP contribution in [-0.4, -0.2) is 17.9 Å². The summed E-state index contributed by atoms with van der Waals surface area (Å²) in [5.74, 6) is -0.139. The summed E-state index contributed by atoms with van der Waals surface area (Å²) in [6.07, 6.45) is 0. The molecule has 0 spiro atoms. The van der Waals surface area contributed by atoms with E-state index in [2.05, 4.69) is 15.9 Å². The minimum atomic E-state index is -0.139. The Balaban J connectivity index is 2.21. The Labute approximate surface area is 131 Å². The molecule has 0 aliphatic carbocycles. The van der Waals surface area contributed by atoms with Crippen LogP contribution in [0.5, 0.6) is 0 Å². The highest BCUT2D eigenvalue weighted by Crippen LogP contribution is 2.27. The molecule has 0 aliphatic heterocycles. The summed E-state index contributed by atoms with van der Waals surface area (Å²) < 4.78 is 0.706. The molecule has 0 aromatic heterocycles. The molecule has 0 atom stereocenters. The largest absolute Gasteiger partial charge is 0.398 e. The second kappa shape index (κ2) is 6.29. The van der Waals surface area contributed by atoms with Crippen molar-refractivity contribution in [2.75, 3.05) is 12.8 Å². The van der Waals surface area contributed by atoms with E-state index in [9.17, 15) is 4.79 Å². The molecule has 5 heteroatoms. The fourth-order valence-corrected chi connectivity index (χ4v) is 2.45. The van der Waals surface area contributed by atoms with Crippen molar-refractivity contribution < 1.29 is 4.79 Å². The van der Waals surface area contributed by atoms with E-state index in [-0.39, 0.29) is 5.91 Å². The van der Waals surface area contributed by atoms with E-state index in [1.807, 2.05) is 24.3 Å². The molecule has 2 rings (SSSR count). The fourth-order valence-electron chi connectivity index (χ4n) is 1.88. The minimum absolute atomic E-state index is 0.139. The maximum absolute atomic E-state index is 12.4. The number of nitrogens with two attached hydrogens (primary N) is 1. The van der Waals surface area contributed by atoms with Crippen molar-refractivity contribution in [3.05, 3.63) is 63.1 Å². The van der Waals surface area contributed by atoms with E-state index in [1.54, 1.807) is 30.1 Å². The predicted octanol–water partition coefficient (Wildman–Crippen LogP) is 3.96.